The summed E-state index contributed by atoms with van der Waals surface area (Å²) < 4.78 is 12.6. The number of benzene rings is 1. The third-order valence-electron chi connectivity index (χ3n) is 4.13. The highest BCUT2D eigenvalue weighted by atomic mass is 32.2. The molecule has 0 heterocycles. The van der Waals surface area contributed by atoms with E-state index in [0.29, 0.717) is 17.6 Å². The van der Waals surface area contributed by atoms with Gasteiger partial charge in [-0.2, -0.15) is 0 Å². The molecule has 0 bridgehead atoms. The smallest absolute Gasteiger partial charge is 0.0528 e. The lowest BCUT2D eigenvalue weighted by molar-refractivity contribution is 0.275. The highest BCUT2D eigenvalue weighted by Crippen LogP contribution is 2.32. The molecule has 0 amide bonds. The minimum atomic E-state index is -0.866. The van der Waals surface area contributed by atoms with E-state index in [1.54, 1.807) is 0 Å². The zero-order chi connectivity index (χ0) is 14.0. The van der Waals surface area contributed by atoms with E-state index in [9.17, 15) is 4.21 Å². The third kappa shape index (κ3) is 3.67. The molecule has 106 valence electrons. The van der Waals surface area contributed by atoms with E-state index in [2.05, 4.69) is 39.0 Å². The Morgan fingerprint density at radius 2 is 2.05 bits per heavy atom. The van der Waals surface area contributed by atoms with Gasteiger partial charge in [0.1, 0.15) is 0 Å². The van der Waals surface area contributed by atoms with Gasteiger partial charge in [-0.3, -0.25) is 4.21 Å². The van der Waals surface area contributed by atoms with Crippen LogP contribution in [0.3, 0.4) is 0 Å². The van der Waals surface area contributed by atoms with E-state index >= 15 is 0 Å². The van der Waals surface area contributed by atoms with Crippen LogP contribution in [0.5, 0.6) is 0 Å². The van der Waals surface area contributed by atoms with Crippen LogP contribution in [0.25, 0.3) is 0 Å². The van der Waals surface area contributed by atoms with Gasteiger partial charge >= 0.3 is 0 Å². The summed E-state index contributed by atoms with van der Waals surface area (Å²) in [6.07, 6.45) is 2.16. The van der Waals surface area contributed by atoms with Gasteiger partial charge in [0.2, 0.25) is 0 Å². The highest BCUT2D eigenvalue weighted by molar-refractivity contribution is 7.84. The molecule has 1 aromatic carbocycles. The first kappa shape index (κ1) is 14.7. The van der Waals surface area contributed by atoms with E-state index in [1.807, 2.05) is 6.07 Å². The van der Waals surface area contributed by atoms with Gasteiger partial charge in [0.05, 0.1) is 5.25 Å². The molecule has 1 aliphatic rings. The molecular weight excluding hydrogens is 254 g/mol. The second-order valence-electron chi connectivity index (χ2n) is 6.20. The van der Waals surface area contributed by atoms with E-state index in [1.165, 1.54) is 5.56 Å². The maximum atomic E-state index is 12.6. The van der Waals surface area contributed by atoms with Crippen LogP contribution in [0.4, 0.5) is 0 Å². The minimum Gasteiger partial charge on any atom is -0.327 e. The first-order valence-corrected chi connectivity index (χ1v) is 8.54. The standard InChI is InChI=1S/C16H25NOS/c1-11-5-4-6-14(8-11)10-19(18)16-13(3)7-12(2)9-15(16)17/h4-6,8,12-13,15-16H,7,9-10,17H2,1-3H3. The molecule has 0 spiro atoms. The molecule has 5 unspecified atom stereocenters. The summed E-state index contributed by atoms with van der Waals surface area (Å²) in [7, 11) is -0.866. The van der Waals surface area contributed by atoms with Crippen molar-refractivity contribution in [1.29, 1.82) is 0 Å². The zero-order valence-corrected chi connectivity index (χ0v) is 13.0. The Kier molecular flexibility index (Phi) is 4.80. The van der Waals surface area contributed by atoms with Gasteiger partial charge in [0.25, 0.3) is 0 Å². The lowest BCUT2D eigenvalue weighted by atomic mass is 9.80. The largest absolute Gasteiger partial charge is 0.327 e. The molecule has 19 heavy (non-hydrogen) atoms. The van der Waals surface area contributed by atoms with E-state index in [0.717, 1.165) is 18.4 Å². The predicted molar refractivity (Wildman–Crippen MR) is 82.4 cm³/mol. The van der Waals surface area contributed by atoms with Crippen molar-refractivity contribution in [2.24, 2.45) is 17.6 Å². The van der Waals surface area contributed by atoms with Crippen LogP contribution in [0, 0.1) is 18.8 Å². The Morgan fingerprint density at radius 3 is 2.68 bits per heavy atom. The summed E-state index contributed by atoms with van der Waals surface area (Å²) in [5.41, 5.74) is 8.64. The molecule has 0 aliphatic heterocycles. The van der Waals surface area contributed by atoms with Crippen molar-refractivity contribution in [3.05, 3.63) is 35.4 Å². The van der Waals surface area contributed by atoms with Gasteiger partial charge in [-0.1, -0.05) is 43.7 Å². The summed E-state index contributed by atoms with van der Waals surface area (Å²) in [6, 6.07) is 8.38. The van der Waals surface area contributed by atoms with Crippen LogP contribution in [0.2, 0.25) is 0 Å². The van der Waals surface area contributed by atoms with E-state index < -0.39 is 10.8 Å². The molecule has 0 saturated heterocycles. The van der Waals surface area contributed by atoms with Gasteiger partial charge in [-0.05, 0) is 37.2 Å². The lowest BCUT2D eigenvalue weighted by Crippen LogP contribution is -2.47. The Morgan fingerprint density at radius 1 is 1.32 bits per heavy atom. The topological polar surface area (TPSA) is 43.1 Å². The number of rotatable bonds is 3. The summed E-state index contributed by atoms with van der Waals surface area (Å²) in [6.45, 7) is 6.52. The molecular formula is C16H25NOS. The molecule has 1 aromatic rings. The second-order valence-corrected chi connectivity index (χ2v) is 7.79. The fraction of sp³-hybridized carbons (Fsp3) is 0.625. The van der Waals surface area contributed by atoms with Crippen LogP contribution < -0.4 is 5.73 Å². The van der Waals surface area contributed by atoms with Crippen LogP contribution in [0.1, 0.15) is 37.8 Å². The molecule has 1 saturated carbocycles. The van der Waals surface area contributed by atoms with Crippen molar-refractivity contribution in [2.75, 3.05) is 0 Å². The quantitative estimate of drug-likeness (QED) is 0.924. The van der Waals surface area contributed by atoms with E-state index in [-0.39, 0.29) is 11.3 Å². The Balaban J connectivity index is 2.07. The van der Waals surface area contributed by atoms with Crippen molar-refractivity contribution in [2.45, 2.75) is 50.7 Å². The molecule has 3 heteroatoms. The first-order valence-electron chi connectivity index (χ1n) is 7.15. The van der Waals surface area contributed by atoms with Crippen LogP contribution >= 0.6 is 0 Å². The predicted octanol–water partition coefficient (Wildman–Crippen LogP) is 3.01. The van der Waals surface area contributed by atoms with Gasteiger partial charge in [0, 0.05) is 22.6 Å². The number of hydrogen-bond acceptors (Lipinski definition) is 2. The zero-order valence-electron chi connectivity index (χ0n) is 12.1. The average Bonchev–Trinajstić information content (AvgIpc) is 2.27. The maximum absolute atomic E-state index is 12.6. The van der Waals surface area contributed by atoms with Gasteiger partial charge < -0.3 is 5.73 Å². The summed E-state index contributed by atoms with van der Waals surface area (Å²) >= 11 is 0. The molecule has 1 fully saturated rings. The van der Waals surface area contributed by atoms with Crippen LogP contribution in [-0.2, 0) is 16.6 Å². The molecule has 1 aliphatic carbocycles. The van der Waals surface area contributed by atoms with Gasteiger partial charge in [-0.25, -0.2) is 0 Å². The van der Waals surface area contributed by atoms with Crippen molar-refractivity contribution in [3.8, 4) is 0 Å². The normalized spacial score (nSPS) is 33.1. The summed E-state index contributed by atoms with van der Waals surface area (Å²) in [4.78, 5) is 0. The van der Waals surface area contributed by atoms with Crippen molar-refractivity contribution >= 4 is 10.8 Å². The Hall–Kier alpha value is -0.670. The SMILES string of the molecule is Cc1cccc(CS(=O)C2C(C)CC(C)CC2N)c1. The number of hydrogen-bond donors (Lipinski definition) is 1. The fourth-order valence-corrected chi connectivity index (χ4v) is 5.23. The number of aryl methyl sites for hydroxylation is 1. The van der Waals surface area contributed by atoms with Crippen molar-refractivity contribution < 1.29 is 4.21 Å². The molecule has 0 radical (unpaired) electrons. The van der Waals surface area contributed by atoms with Crippen molar-refractivity contribution in [1.82, 2.24) is 0 Å². The fourth-order valence-electron chi connectivity index (χ4n) is 3.40. The molecule has 2 rings (SSSR count). The molecule has 2 N–H and O–H groups in total. The maximum Gasteiger partial charge on any atom is 0.0528 e. The van der Waals surface area contributed by atoms with Gasteiger partial charge in [0.15, 0.2) is 0 Å². The summed E-state index contributed by atoms with van der Waals surface area (Å²) in [5.74, 6) is 1.76. The van der Waals surface area contributed by atoms with Gasteiger partial charge in [-0.15, -0.1) is 0 Å². The van der Waals surface area contributed by atoms with E-state index in [4.69, 9.17) is 5.73 Å². The van der Waals surface area contributed by atoms with Crippen molar-refractivity contribution in [3.63, 3.8) is 0 Å². The van der Waals surface area contributed by atoms with Crippen LogP contribution in [-0.4, -0.2) is 15.5 Å². The molecule has 2 nitrogen and oxygen atoms in total. The highest BCUT2D eigenvalue weighted by Gasteiger charge is 2.35. The second kappa shape index (κ2) is 6.19. The lowest BCUT2D eigenvalue weighted by Gasteiger charge is -2.37. The first-order chi connectivity index (χ1) is 8.97. The third-order valence-corrected chi connectivity index (χ3v) is 6.17. The average molecular weight is 279 g/mol. The Labute approximate surface area is 119 Å². The monoisotopic (exact) mass is 279 g/mol. The molecule has 0 aromatic heterocycles. The summed E-state index contributed by atoms with van der Waals surface area (Å²) in [5, 5.41) is 0.150. The molecule has 5 atom stereocenters. The van der Waals surface area contributed by atoms with Crippen LogP contribution in [0.15, 0.2) is 24.3 Å². The number of nitrogens with two attached hydrogens (primary N) is 1. The minimum absolute atomic E-state index is 0.0874. The Bertz CT molecular complexity index is 448.